The lowest BCUT2D eigenvalue weighted by atomic mass is 10.2. The van der Waals surface area contributed by atoms with Crippen LogP contribution in [0, 0.1) is 5.82 Å². The molecule has 110 valence electrons. The number of carbonyl (C=O) groups is 1. The fourth-order valence-electron chi connectivity index (χ4n) is 1.80. The van der Waals surface area contributed by atoms with Gasteiger partial charge in [0.05, 0.1) is 17.7 Å². The highest BCUT2D eigenvalue weighted by atomic mass is 35.5. The lowest BCUT2D eigenvalue weighted by molar-refractivity contribution is 0.111. The molecule has 0 aliphatic carbocycles. The Morgan fingerprint density at radius 2 is 2.05 bits per heavy atom. The Bertz CT molecular complexity index is 674. The number of aldehydes is 1. The van der Waals surface area contributed by atoms with Crippen molar-refractivity contribution in [3.05, 3.63) is 57.3 Å². The van der Waals surface area contributed by atoms with Gasteiger partial charge in [-0.15, -0.1) is 0 Å². The fraction of sp³-hybridized carbons (Fsp3) is 0.133. The number of halogens is 3. The van der Waals surface area contributed by atoms with E-state index in [2.05, 4.69) is 0 Å². The van der Waals surface area contributed by atoms with Crippen LogP contribution in [-0.2, 0) is 6.61 Å². The molecule has 21 heavy (non-hydrogen) atoms. The van der Waals surface area contributed by atoms with Gasteiger partial charge >= 0.3 is 0 Å². The number of ether oxygens (including phenoxy) is 2. The third kappa shape index (κ3) is 3.46. The minimum atomic E-state index is -0.516. The van der Waals surface area contributed by atoms with Gasteiger partial charge in [-0.05, 0) is 18.2 Å². The van der Waals surface area contributed by atoms with E-state index in [1.165, 1.54) is 25.3 Å². The second-order valence-electron chi connectivity index (χ2n) is 4.15. The third-order valence-electron chi connectivity index (χ3n) is 2.80. The van der Waals surface area contributed by atoms with Crippen LogP contribution in [0.4, 0.5) is 4.39 Å². The zero-order chi connectivity index (χ0) is 15.4. The summed E-state index contributed by atoms with van der Waals surface area (Å²) in [4.78, 5) is 11.0. The number of methoxy groups -OCH3 is 1. The number of rotatable bonds is 5. The number of hydrogen-bond acceptors (Lipinski definition) is 3. The molecule has 6 heteroatoms. The summed E-state index contributed by atoms with van der Waals surface area (Å²) in [6.07, 6.45) is 0.578. The molecule has 2 aromatic carbocycles. The van der Waals surface area contributed by atoms with Gasteiger partial charge in [0, 0.05) is 10.6 Å². The molecule has 0 aliphatic heterocycles. The monoisotopic (exact) mass is 328 g/mol. The van der Waals surface area contributed by atoms with Gasteiger partial charge in [-0.3, -0.25) is 4.79 Å². The molecule has 0 aromatic heterocycles. The summed E-state index contributed by atoms with van der Waals surface area (Å²) >= 11 is 11.8. The van der Waals surface area contributed by atoms with Crippen molar-refractivity contribution in [1.29, 1.82) is 0 Å². The average molecular weight is 329 g/mol. The summed E-state index contributed by atoms with van der Waals surface area (Å²) in [5, 5.41) is 0.509. The Morgan fingerprint density at radius 1 is 1.29 bits per heavy atom. The van der Waals surface area contributed by atoms with Crippen molar-refractivity contribution >= 4 is 29.5 Å². The van der Waals surface area contributed by atoms with E-state index in [0.29, 0.717) is 11.3 Å². The molecule has 0 bridgehead atoms. The van der Waals surface area contributed by atoms with Crippen LogP contribution in [0.15, 0.2) is 30.3 Å². The Morgan fingerprint density at radius 3 is 2.71 bits per heavy atom. The van der Waals surface area contributed by atoms with E-state index < -0.39 is 5.82 Å². The minimum Gasteiger partial charge on any atom is -0.494 e. The van der Waals surface area contributed by atoms with Gasteiger partial charge in [-0.25, -0.2) is 4.39 Å². The van der Waals surface area contributed by atoms with Gasteiger partial charge in [0.25, 0.3) is 0 Å². The highest BCUT2D eigenvalue weighted by Crippen LogP contribution is 2.32. The number of benzene rings is 2. The van der Waals surface area contributed by atoms with Crippen molar-refractivity contribution in [2.75, 3.05) is 7.11 Å². The van der Waals surface area contributed by atoms with Gasteiger partial charge in [0.15, 0.2) is 17.9 Å². The van der Waals surface area contributed by atoms with Gasteiger partial charge in [-0.2, -0.15) is 0 Å². The smallest absolute Gasteiger partial charge is 0.171 e. The summed E-state index contributed by atoms with van der Waals surface area (Å²) in [5.41, 5.74) is 0.494. The van der Waals surface area contributed by atoms with Crippen LogP contribution in [0.2, 0.25) is 10.0 Å². The topological polar surface area (TPSA) is 35.5 Å². The first-order chi connectivity index (χ1) is 10.1. The van der Waals surface area contributed by atoms with Crippen LogP contribution in [0.5, 0.6) is 11.5 Å². The van der Waals surface area contributed by atoms with E-state index >= 15 is 0 Å². The molecule has 0 amide bonds. The van der Waals surface area contributed by atoms with E-state index in [1.807, 2.05) is 0 Å². The molecule has 2 aromatic rings. The van der Waals surface area contributed by atoms with Crippen molar-refractivity contribution < 1.29 is 18.7 Å². The second kappa shape index (κ2) is 6.78. The molecule has 0 saturated carbocycles. The molecule has 0 atom stereocenters. The van der Waals surface area contributed by atoms with Crippen molar-refractivity contribution in [3.63, 3.8) is 0 Å². The van der Waals surface area contributed by atoms with Gasteiger partial charge in [-0.1, -0.05) is 35.3 Å². The molecular formula is C15H11Cl2FO3. The van der Waals surface area contributed by atoms with Gasteiger partial charge in [0.2, 0.25) is 0 Å². The third-order valence-corrected chi connectivity index (χ3v) is 3.30. The van der Waals surface area contributed by atoms with E-state index in [-0.39, 0.29) is 34.3 Å². The summed E-state index contributed by atoms with van der Waals surface area (Å²) in [6.45, 7) is -0.0920. The zero-order valence-electron chi connectivity index (χ0n) is 11.0. The summed E-state index contributed by atoms with van der Waals surface area (Å²) < 4.78 is 24.3. The molecule has 2 rings (SSSR count). The first-order valence-electron chi connectivity index (χ1n) is 5.95. The Labute approximate surface area is 131 Å². The van der Waals surface area contributed by atoms with Crippen LogP contribution >= 0.6 is 23.2 Å². The molecule has 0 spiro atoms. The van der Waals surface area contributed by atoms with Crippen LogP contribution < -0.4 is 9.47 Å². The highest BCUT2D eigenvalue weighted by molar-refractivity contribution is 6.36. The predicted octanol–water partition coefficient (Wildman–Crippen LogP) is 4.53. The van der Waals surface area contributed by atoms with E-state index in [4.69, 9.17) is 32.7 Å². The largest absolute Gasteiger partial charge is 0.494 e. The normalized spacial score (nSPS) is 10.3. The first kappa shape index (κ1) is 15.6. The van der Waals surface area contributed by atoms with Crippen molar-refractivity contribution in [1.82, 2.24) is 0 Å². The predicted molar refractivity (Wildman–Crippen MR) is 79.1 cm³/mol. The summed E-state index contributed by atoms with van der Waals surface area (Å²) in [6, 6.07) is 7.59. The highest BCUT2D eigenvalue weighted by Gasteiger charge is 2.13. The summed E-state index contributed by atoms with van der Waals surface area (Å²) in [5.74, 6) is -0.232. The molecule has 0 radical (unpaired) electrons. The Balaban J connectivity index is 2.27. The Kier molecular flexibility index (Phi) is 5.04. The minimum absolute atomic E-state index is 0.0920. The lowest BCUT2D eigenvalue weighted by Crippen LogP contribution is -2.02. The molecule has 0 aliphatic rings. The quantitative estimate of drug-likeness (QED) is 0.756. The maximum absolute atomic E-state index is 14.0. The second-order valence-corrected chi connectivity index (χ2v) is 4.99. The van der Waals surface area contributed by atoms with Crippen LogP contribution in [0.3, 0.4) is 0 Å². The fourth-order valence-corrected chi connectivity index (χ4v) is 2.36. The van der Waals surface area contributed by atoms with Gasteiger partial charge in [0.1, 0.15) is 12.4 Å². The van der Waals surface area contributed by atoms with E-state index in [0.717, 1.165) is 0 Å². The SMILES string of the molecule is COc1cccc(COc2c(Cl)cc(Cl)cc2C=O)c1F. The molecule has 0 N–H and O–H groups in total. The molecule has 3 nitrogen and oxygen atoms in total. The molecule has 0 heterocycles. The van der Waals surface area contributed by atoms with E-state index in [1.54, 1.807) is 12.1 Å². The summed E-state index contributed by atoms with van der Waals surface area (Å²) in [7, 11) is 1.38. The van der Waals surface area contributed by atoms with Crippen molar-refractivity contribution in [2.24, 2.45) is 0 Å². The van der Waals surface area contributed by atoms with Crippen LogP contribution in [-0.4, -0.2) is 13.4 Å². The lowest BCUT2D eigenvalue weighted by Gasteiger charge is -2.12. The first-order valence-corrected chi connectivity index (χ1v) is 6.70. The molecule has 0 fully saturated rings. The standard InChI is InChI=1S/C15H11Cl2FO3/c1-20-13-4-2-3-9(14(13)18)8-21-15-10(7-19)5-11(16)6-12(15)17/h2-7H,8H2,1H3. The molecule has 0 unspecified atom stereocenters. The van der Waals surface area contributed by atoms with Crippen molar-refractivity contribution in [2.45, 2.75) is 6.61 Å². The molecule has 0 saturated heterocycles. The van der Waals surface area contributed by atoms with Gasteiger partial charge < -0.3 is 9.47 Å². The van der Waals surface area contributed by atoms with Crippen LogP contribution in [0.25, 0.3) is 0 Å². The Hall–Kier alpha value is -1.78. The number of hydrogen-bond donors (Lipinski definition) is 0. The maximum atomic E-state index is 14.0. The zero-order valence-corrected chi connectivity index (χ0v) is 12.5. The van der Waals surface area contributed by atoms with Crippen LogP contribution in [0.1, 0.15) is 15.9 Å². The van der Waals surface area contributed by atoms with E-state index in [9.17, 15) is 9.18 Å². The number of carbonyl (C=O) groups excluding carboxylic acids is 1. The van der Waals surface area contributed by atoms with Crippen molar-refractivity contribution in [3.8, 4) is 11.5 Å². The maximum Gasteiger partial charge on any atom is 0.171 e. The average Bonchev–Trinajstić information content (AvgIpc) is 2.47. The molecular weight excluding hydrogens is 318 g/mol.